The summed E-state index contributed by atoms with van der Waals surface area (Å²) in [5, 5.41) is 10.8. The van der Waals surface area contributed by atoms with Crippen LogP contribution in [-0.2, 0) is 22.6 Å². The lowest BCUT2D eigenvalue weighted by molar-refractivity contribution is -0.00158. The molecule has 168 valence electrons. The molecule has 0 fully saturated rings. The fourth-order valence-electron chi connectivity index (χ4n) is 3.21. The van der Waals surface area contributed by atoms with Gasteiger partial charge in [-0.1, -0.05) is 0 Å². The van der Waals surface area contributed by atoms with Crippen LogP contribution < -0.4 is 5.56 Å². The van der Waals surface area contributed by atoms with Gasteiger partial charge >= 0.3 is 5.97 Å². The van der Waals surface area contributed by atoms with Crippen LogP contribution >= 0.6 is 11.3 Å². The second kappa shape index (κ2) is 10.2. The largest absolute Gasteiger partial charge is 0.467 e. The van der Waals surface area contributed by atoms with Crippen molar-refractivity contribution >= 4 is 27.5 Å². The van der Waals surface area contributed by atoms with E-state index in [0.29, 0.717) is 45.3 Å². The van der Waals surface area contributed by atoms with E-state index in [1.807, 2.05) is 24.8 Å². The van der Waals surface area contributed by atoms with Crippen molar-refractivity contribution in [1.29, 1.82) is 0 Å². The number of thiophene rings is 1. The maximum absolute atomic E-state index is 12.6. The number of nitrogens with one attached hydrogen (secondary N) is 1. The van der Waals surface area contributed by atoms with E-state index in [1.165, 1.54) is 7.11 Å². The molecule has 0 saturated heterocycles. The van der Waals surface area contributed by atoms with E-state index in [1.54, 1.807) is 19.3 Å². The number of ether oxygens (including phenoxy) is 2. The standard InChI is InChI=1S/C21H27N3O6S/c1-12(2)24(8-14(25)10-29-11-15-6-5-7-30-15)9-16-22-19(26)17-13(3)18(21(27)28-4)31-20(17)23-16/h5-7,12,14,25H,8-11H2,1-4H3,(H,22,23,26). The Kier molecular flexibility index (Phi) is 7.60. The molecular formula is C21H27N3O6S. The number of H-pyrrole nitrogens is 1. The van der Waals surface area contributed by atoms with Gasteiger partial charge in [0.25, 0.3) is 5.56 Å². The summed E-state index contributed by atoms with van der Waals surface area (Å²) in [4.78, 5) is 34.8. The zero-order chi connectivity index (χ0) is 22.5. The van der Waals surface area contributed by atoms with Crippen molar-refractivity contribution in [3.63, 3.8) is 0 Å². The summed E-state index contributed by atoms with van der Waals surface area (Å²) in [5.41, 5.74) is 0.270. The molecule has 3 heterocycles. The highest BCUT2D eigenvalue weighted by molar-refractivity contribution is 7.20. The first-order valence-corrected chi connectivity index (χ1v) is 10.7. The van der Waals surface area contributed by atoms with E-state index in [4.69, 9.17) is 13.9 Å². The predicted octanol–water partition coefficient (Wildman–Crippen LogP) is 2.46. The highest BCUT2D eigenvalue weighted by Gasteiger charge is 2.21. The zero-order valence-corrected chi connectivity index (χ0v) is 18.8. The number of aliphatic hydroxyl groups excluding tert-OH is 1. The third kappa shape index (κ3) is 5.59. The number of aromatic nitrogens is 2. The quantitative estimate of drug-likeness (QED) is 0.453. The average Bonchev–Trinajstić information content (AvgIpc) is 3.35. The Balaban J connectivity index is 1.70. The van der Waals surface area contributed by atoms with Crippen LogP contribution in [0.4, 0.5) is 0 Å². The van der Waals surface area contributed by atoms with Crippen molar-refractivity contribution in [2.45, 2.75) is 46.1 Å². The molecule has 3 aromatic rings. The highest BCUT2D eigenvalue weighted by atomic mass is 32.1. The van der Waals surface area contributed by atoms with E-state index >= 15 is 0 Å². The Labute approximate surface area is 183 Å². The molecule has 0 aliphatic carbocycles. The van der Waals surface area contributed by atoms with Gasteiger partial charge in [0.15, 0.2) is 0 Å². The van der Waals surface area contributed by atoms with E-state index in [-0.39, 0.29) is 24.8 Å². The maximum atomic E-state index is 12.6. The molecule has 2 N–H and O–H groups in total. The molecule has 3 rings (SSSR count). The Morgan fingerprint density at radius 2 is 2.19 bits per heavy atom. The summed E-state index contributed by atoms with van der Waals surface area (Å²) in [6.45, 7) is 6.82. The Bertz CT molecular complexity index is 1070. The van der Waals surface area contributed by atoms with Gasteiger partial charge in [0, 0.05) is 12.6 Å². The number of aromatic amines is 1. The molecule has 3 aromatic heterocycles. The van der Waals surface area contributed by atoms with E-state index < -0.39 is 12.1 Å². The first-order chi connectivity index (χ1) is 14.8. The number of carbonyl (C=O) groups excluding carboxylic acids is 1. The molecule has 0 radical (unpaired) electrons. The number of esters is 1. The van der Waals surface area contributed by atoms with Crippen molar-refractivity contribution in [2.24, 2.45) is 0 Å². The number of hydrogen-bond donors (Lipinski definition) is 2. The topological polar surface area (TPSA) is 118 Å². The van der Waals surface area contributed by atoms with Crippen LogP contribution in [0.15, 0.2) is 27.6 Å². The summed E-state index contributed by atoms with van der Waals surface area (Å²) in [6, 6.07) is 3.68. The van der Waals surface area contributed by atoms with Gasteiger partial charge in [-0.05, 0) is 38.5 Å². The van der Waals surface area contributed by atoms with Crippen LogP contribution in [0.1, 0.15) is 40.7 Å². The summed E-state index contributed by atoms with van der Waals surface area (Å²) in [7, 11) is 1.30. The molecular weight excluding hydrogens is 422 g/mol. The summed E-state index contributed by atoms with van der Waals surface area (Å²) in [6.07, 6.45) is 0.853. The lowest BCUT2D eigenvalue weighted by Gasteiger charge is -2.28. The Hall–Kier alpha value is -2.53. The second-order valence-corrected chi connectivity index (χ2v) is 8.51. The minimum Gasteiger partial charge on any atom is -0.467 e. The van der Waals surface area contributed by atoms with Gasteiger partial charge in [0.05, 0.1) is 38.0 Å². The van der Waals surface area contributed by atoms with Crippen LogP contribution in [-0.4, -0.2) is 58.4 Å². The lowest BCUT2D eigenvalue weighted by atomic mass is 10.2. The van der Waals surface area contributed by atoms with Crippen molar-refractivity contribution in [1.82, 2.24) is 14.9 Å². The normalized spacial score (nSPS) is 12.7. The fraction of sp³-hybridized carbons (Fsp3) is 0.476. The molecule has 1 unspecified atom stereocenters. The van der Waals surface area contributed by atoms with Gasteiger partial charge in [-0.2, -0.15) is 0 Å². The van der Waals surface area contributed by atoms with E-state index in [2.05, 4.69) is 9.97 Å². The summed E-state index contributed by atoms with van der Waals surface area (Å²) >= 11 is 1.14. The van der Waals surface area contributed by atoms with Crippen LogP contribution in [0, 0.1) is 6.92 Å². The number of rotatable bonds is 10. The van der Waals surface area contributed by atoms with Crippen LogP contribution in [0.2, 0.25) is 0 Å². The minimum atomic E-state index is -0.720. The summed E-state index contributed by atoms with van der Waals surface area (Å²) in [5.74, 6) is 0.677. The number of methoxy groups -OCH3 is 1. The molecule has 10 heteroatoms. The molecule has 0 amide bonds. The Morgan fingerprint density at radius 1 is 1.42 bits per heavy atom. The monoisotopic (exact) mass is 449 g/mol. The van der Waals surface area contributed by atoms with Gasteiger partial charge in [0.2, 0.25) is 0 Å². The number of carbonyl (C=O) groups is 1. The van der Waals surface area contributed by atoms with Gasteiger partial charge in [-0.3, -0.25) is 9.69 Å². The average molecular weight is 450 g/mol. The number of fused-ring (bicyclic) bond motifs is 1. The third-order valence-electron chi connectivity index (χ3n) is 4.88. The zero-order valence-electron chi connectivity index (χ0n) is 18.0. The molecule has 31 heavy (non-hydrogen) atoms. The van der Waals surface area contributed by atoms with Crippen molar-refractivity contribution < 1.29 is 23.8 Å². The van der Waals surface area contributed by atoms with Gasteiger partial charge in [0.1, 0.15) is 27.9 Å². The molecule has 0 bridgehead atoms. The molecule has 1 atom stereocenters. The van der Waals surface area contributed by atoms with Crippen LogP contribution in [0.5, 0.6) is 0 Å². The van der Waals surface area contributed by atoms with Crippen molar-refractivity contribution in [3.8, 4) is 0 Å². The smallest absolute Gasteiger partial charge is 0.348 e. The van der Waals surface area contributed by atoms with Crippen LogP contribution in [0.25, 0.3) is 10.2 Å². The van der Waals surface area contributed by atoms with E-state index in [0.717, 1.165) is 11.3 Å². The van der Waals surface area contributed by atoms with Crippen molar-refractivity contribution in [3.05, 3.63) is 50.8 Å². The van der Waals surface area contributed by atoms with Gasteiger partial charge < -0.3 is 24.0 Å². The summed E-state index contributed by atoms with van der Waals surface area (Å²) < 4.78 is 15.5. The lowest BCUT2D eigenvalue weighted by Crippen LogP contribution is -2.39. The number of hydrogen-bond acceptors (Lipinski definition) is 9. The van der Waals surface area contributed by atoms with Gasteiger partial charge in [-0.25, -0.2) is 9.78 Å². The molecule has 0 aromatic carbocycles. The van der Waals surface area contributed by atoms with E-state index in [9.17, 15) is 14.7 Å². The first-order valence-electron chi connectivity index (χ1n) is 9.93. The Morgan fingerprint density at radius 3 is 2.84 bits per heavy atom. The number of aryl methyl sites for hydroxylation is 1. The second-order valence-electron chi connectivity index (χ2n) is 7.51. The number of nitrogens with zero attached hydrogens (tertiary/aromatic N) is 2. The first kappa shape index (κ1) is 23.1. The van der Waals surface area contributed by atoms with Crippen molar-refractivity contribution in [2.75, 3.05) is 20.3 Å². The molecule has 9 nitrogen and oxygen atoms in total. The fourth-order valence-corrected chi connectivity index (χ4v) is 4.33. The van der Waals surface area contributed by atoms with Gasteiger partial charge in [-0.15, -0.1) is 11.3 Å². The molecule has 0 saturated carbocycles. The maximum Gasteiger partial charge on any atom is 0.348 e. The molecule has 0 spiro atoms. The SMILES string of the molecule is COC(=O)c1sc2nc(CN(CC(O)COCc3ccco3)C(C)C)[nH]c(=O)c2c1C. The van der Waals surface area contributed by atoms with Crippen LogP contribution in [0.3, 0.4) is 0 Å². The minimum absolute atomic E-state index is 0.0939. The number of furan rings is 1. The highest BCUT2D eigenvalue weighted by Crippen LogP contribution is 2.27. The number of aliphatic hydroxyl groups is 1. The molecule has 0 aliphatic rings. The third-order valence-corrected chi connectivity index (χ3v) is 6.05. The predicted molar refractivity (Wildman–Crippen MR) is 116 cm³/mol. The molecule has 0 aliphatic heterocycles.